The number of esters is 1. The van der Waals surface area contributed by atoms with Crippen LogP contribution < -0.4 is 15.2 Å². The molecular formula is C20H20N2O6. The van der Waals surface area contributed by atoms with Crippen LogP contribution in [-0.2, 0) is 16.1 Å². The van der Waals surface area contributed by atoms with Gasteiger partial charge in [-0.2, -0.15) is 5.26 Å². The van der Waals surface area contributed by atoms with Gasteiger partial charge in [-0.3, -0.25) is 4.79 Å². The van der Waals surface area contributed by atoms with E-state index in [2.05, 4.69) is 0 Å². The number of ketones is 1. The number of ether oxygens (including phenoxy) is 3. The molecular weight excluding hydrogens is 364 g/mol. The number of nitrogens with two attached hydrogens (primary N) is 1. The first-order valence-corrected chi connectivity index (χ1v) is 8.28. The molecule has 0 aliphatic carbocycles. The number of aryl methyl sites for hydroxylation is 1. The molecule has 2 rings (SSSR count). The average molecular weight is 384 g/mol. The van der Waals surface area contributed by atoms with Gasteiger partial charge in [-0.15, -0.1) is 0 Å². The third-order valence-corrected chi connectivity index (χ3v) is 3.75. The summed E-state index contributed by atoms with van der Waals surface area (Å²) in [5, 5.41) is 8.89. The molecule has 8 heteroatoms. The maximum atomic E-state index is 12.2. The summed E-state index contributed by atoms with van der Waals surface area (Å²) in [4.78, 5) is 24.0. The van der Waals surface area contributed by atoms with Gasteiger partial charge in [0, 0.05) is 5.70 Å². The van der Waals surface area contributed by atoms with Crippen molar-refractivity contribution in [2.75, 3.05) is 13.7 Å². The predicted octanol–water partition coefficient (Wildman–Crippen LogP) is 2.66. The van der Waals surface area contributed by atoms with Gasteiger partial charge in [0.25, 0.3) is 0 Å². The fraction of sp³-hybridized carbons (Fsp3) is 0.250. The fourth-order valence-corrected chi connectivity index (χ4v) is 2.30. The Morgan fingerprint density at radius 3 is 2.43 bits per heavy atom. The molecule has 146 valence electrons. The lowest BCUT2D eigenvalue weighted by Crippen LogP contribution is -2.17. The minimum atomic E-state index is -0.739. The lowest BCUT2D eigenvalue weighted by Gasteiger charge is -2.05. The molecule has 0 saturated heterocycles. The first-order chi connectivity index (χ1) is 13.3. The zero-order valence-corrected chi connectivity index (χ0v) is 15.8. The van der Waals surface area contributed by atoms with Gasteiger partial charge < -0.3 is 24.4 Å². The smallest absolute Gasteiger partial charge is 0.342 e. The standard InChI is InChI=1S/C20H20N2O6/c1-12(22)18(9-21)19(23)11-27-20(24)17-8-16(28-13(17)2)10-26-15-6-4-14(25-3)5-7-15/h4-8H,10-11,22H2,1-3H3/b18-12+. The number of nitrogens with zero attached hydrogens (tertiary/aromatic N) is 1. The topological polar surface area (TPSA) is 125 Å². The first-order valence-electron chi connectivity index (χ1n) is 8.28. The van der Waals surface area contributed by atoms with Gasteiger partial charge in [-0.1, -0.05) is 0 Å². The van der Waals surface area contributed by atoms with Crippen molar-refractivity contribution in [3.8, 4) is 17.6 Å². The van der Waals surface area contributed by atoms with Crippen LogP contribution in [0.4, 0.5) is 0 Å². The van der Waals surface area contributed by atoms with Crippen molar-refractivity contribution in [2.45, 2.75) is 20.5 Å². The summed E-state index contributed by atoms with van der Waals surface area (Å²) in [5.74, 6) is 0.661. The van der Waals surface area contributed by atoms with Crippen LogP contribution in [0.15, 0.2) is 46.0 Å². The van der Waals surface area contributed by atoms with Crippen LogP contribution in [0.2, 0.25) is 0 Å². The second-order valence-corrected chi connectivity index (χ2v) is 5.82. The number of furan rings is 1. The third kappa shape index (κ3) is 5.14. The quantitative estimate of drug-likeness (QED) is 0.418. The van der Waals surface area contributed by atoms with Crippen molar-refractivity contribution in [2.24, 2.45) is 5.73 Å². The zero-order valence-electron chi connectivity index (χ0n) is 15.8. The van der Waals surface area contributed by atoms with Gasteiger partial charge in [0.15, 0.2) is 6.61 Å². The molecule has 0 aliphatic rings. The lowest BCUT2D eigenvalue weighted by atomic mass is 10.1. The van der Waals surface area contributed by atoms with Crippen LogP contribution in [0.5, 0.6) is 11.5 Å². The molecule has 8 nitrogen and oxygen atoms in total. The maximum absolute atomic E-state index is 12.2. The fourth-order valence-electron chi connectivity index (χ4n) is 2.30. The minimum absolute atomic E-state index is 0.0704. The molecule has 28 heavy (non-hydrogen) atoms. The van der Waals surface area contributed by atoms with E-state index in [9.17, 15) is 9.59 Å². The van der Waals surface area contributed by atoms with Crippen molar-refractivity contribution in [1.29, 1.82) is 5.26 Å². The molecule has 0 amide bonds. The molecule has 0 bridgehead atoms. The van der Waals surface area contributed by atoms with Gasteiger partial charge in [0.2, 0.25) is 5.78 Å². The first kappa shape index (κ1) is 20.6. The van der Waals surface area contributed by atoms with Crippen molar-refractivity contribution >= 4 is 11.8 Å². The molecule has 2 aromatic rings. The molecule has 0 unspecified atom stereocenters. The summed E-state index contributed by atoms with van der Waals surface area (Å²) in [7, 11) is 1.57. The van der Waals surface area contributed by atoms with Gasteiger partial charge in [0.1, 0.15) is 46.8 Å². The van der Waals surface area contributed by atoms with E-state index in [1.54, 1.807) is 44.4 Å². The van der Waals surface area contributed by atoms with Gasteiger partial charge in [-0.05, 0) is 44.2 Å². The number of hydrogen-bond acceptors (Lipinski definition) is 8. The van der Waals surface area contributed by atoms with E-state index in [0.29, 0.717) is 23.0 Å². The SMILES string of the molecule is COc1ccc(OCc2cc(C(=O)OCC(=O)/C(C#N)=C(\C)N)c(C)o2)cc1. The number of carbonyl (C=O) groups is 2. The Morgan fingerprint density at radius 2 is 1.86 bits per heavy atom. The summed E-state index contributed by atoms with van der Waals surface area (Å²) in [6.07, 6.45) is 0. The van der Waals surface area contributed by atoms with Crippen LogP contribution >= 0.6 is 0 Å². The average Bonchev–Trinajstić information content (AvgIpc) is 3.05. The number of benzene rings is 1. The number of nitriles is 1. The van der Waals surface area contributed by atoms with Crippen LogP contribution in [-0.4, -0.2) is 25.5 Å². The van der Waals surface area contributed by atoms with Crippen molar-refractivity contribution in [3.05, 3.63) is 58.7 Å². The van der Waals surface area contributed by atoms with Crippen LogP contribution in [0, 0.1) is 18.3 Å². The Hall–Kier alpha value is -3.73. The molecule has 0 fully saturated rings. The normalized spacial score (nSPS) is 11.2. The maximum Gasteiger partial charge on any atom is 0.342 e. The van der Waals surface area contributed by atoms with Gasteiger partial charge in [-0.25, -0.2) is 4.79 Å². The van der Waals surface area contributed by atoms with Crippen LogP contribution in [0.1, 0.15) is 28.8 Å². The number of hydrogen-bond donors (Lipinski definition) is 1. The Labute approximate surface area is 162 Å². The van der Waals surface area contributed by atoms with E-state index in [4.69, 9.17) is 29.6 Å². The molecule has 2 N–H and O–H groups in total. The predicted molar refractivity (Wildman–Crippen MR) is 98.6 cm³/mol. The highest BCUT2D eigenvalue weighted by Gasteiger charge is 2.19. The Bertz CT molecular complexity index is 931. The summed E-state index contributed by atoms with van der Waals surface area (Å²) in [6, 6.07) is 10.2. The van der Waals surface area contributed by atoms with Crippen molar-refractivity contribution in [1.82, 2.24) is 0 Å². The number of allylic oxidation sites excluding steroid dienone is 1. The minimum Gasteiger partial charge on any atom is -0.497 e. The number of rotatable bonds is 8. The van der Waals surface area contributed by atoms with Crippen molar-refractivity contribution < 1.29 is 28.2 Å². The number of carbonyl (C=O) groups excluding carboxylic acids is 2. The van der Waals surface area contributed by atoms with E-state index in [-0.39, 0.29) is 23.4 Å². The molecule has 0 atom stereocenters. The highest BCUT2D eigenvalue weighted by Crippen LogP contribution is 2.21. The van der Waals surface area contributed by atoms with Gasteiger partial charge in [0.05, 0.1) is 7.11 Å². The van der Waals surface area contributed by atoms with Crippen LogP contribution in [0.25, 0.3) is 0 Å². The second kappa shape index (κ2) is 9.28. The van der Waals surface area contributed by atoms with E-state index in [1.165, 1.54) is 13.0 Å². The number of Topliss-reactive ketones (excluding diaryl/α,β-unsaturated/α-hetero) is 1. The highest BCUT2D eigenvalue weighted by molar-refractivity contribution is 6.02. The lowest BCUT2D eigenvalue weighted by molar-refractivity contribution is -0.118. The Morgan fingerprint density at radius 1 is 1.21 bits per heavy atom. The summed E-state index contributed by atoms with van der Waals surface area (Å²) < 4.78 is 21.1. The third-order valence-electron chi connectivity index (χ3n) is 3.75. The largest absolute Gasteiger partial charge is 0.497 e. The molecule has 1 aromatic carbocycles. The second-order valence-electron chi connectivity index (χ2n) is 5.82. The van der Waals surface area contributed by atoms with Crippen molar-refractivity contribution in [3.63, 3.8) is 0 Å². The highest BCUT2D eigenvalue weighted by atomic mass is 16.5. The summed E-state index contributed by atoms with van der Waals surface area (Å²) in [5.41, 5.74) is 5.46. The molecule has 0 aliphatic heterocycles. The summed E-state index contributed by atoms with van der Waals surface area (Å²) >= 11 is 0. The van der Waals surface area contributed by atoms with E-state index in [1.807, 2.05) is 0 Å². The molecule has 0 saturated carbocycles. The monoisotopic (exact) mass is 384 g/mol. The Balaban J connectivity index is 1.97. The van der Waals surface area contributed by atoms with E-state index >= 15 is 0 Å². The summed E-state index contributed by atoms with van der Waals surface area (Å²) in [6.45, 7) is 2.54. The van der Waals surface area contributed by atoms with Gasteiger partial charge >= 0.3 is 5.97 Å². The number of methoxy groups -OCH3 is 1. The Kier molecular flexibility index (Phi) is 6.82. The van der Waals surface area contributed by atoms with Crippen LogP contribution in [0.3, 0.4) is 0 Å². The zero-order chi connectivity index (χ0) is 20.7. The molecule has 0 spiro atoms. The van der Waals surface area contributed by atoms with E-state index in [0.717, 1.165) is 0 Å². The molecule has 1 heterocycles. The molecule has 1 aromatic heterocycles. The van der Waals surface area contributed by atoms with E-state index < -0.39 is 18.4 Å². The molecule has 0 radical (unpaired) electrons.